The summed E-state index contributed by atoms with van der Waals surface area (Å²) >= 11 is 12.9. The third-order valence-electron chi connectivity index (χ3n) is 1.95. The molecule has 0 aliphatic heterocycles. The SMILES string of the molecule is ClCCl.Nc1ccccc1Nc1ccc(Br)cn1. The maximum atomic E-state index is 5.80. The molecule has 0 saturated carbocycles. The third kappa shape index (κ3) is 5.12. The van der Waals surface area contributed by atoms with Gasteiger partial charge in [-0.1, -0.05) is 12.1 Å². The van der Waals surface area contributed by atoms with Crippen LogP contribution in [-0.4, -0.2) is 10.3 Å². The van der Waals surface area contributed by atoms with Crippen LogP contribution < -0.4 is 11.1 Å². The van der Waals surface area contributed by atoms with E-state index in [1.165, 1.54) is 0 Å². The first-order chi connectivity index (χ1) is 8.67. The predicted molar refractivity (Wildman–Crippen MR) is 82.6 cm³/mol. The number of hydrogen-bond acceptors (Lipinski definition) is 3. The van der Waals surface area contributed by atoms with Gasteiger partial charge in [0.1, 0.15) is 5.82 Å². The van der Waals surface area contributed by atoms with E-state index >= 15 is 0 Å². The van der Waals surface area contributed by atoms with Crippen LogP contribution in [-0.2, 0) is 0 Å². The number of nitrogen functional groups attached to an aromatic ring is 1. The summed E-state index contributed by atoms with van der Waals surface area (Å²) in [6.07, 6.45) is 1.74. The molecule has 6 heteroatoms. The Morgan fingerprint density at radius 2 is 1.83 bits per heavy atom. The second kappa shape index (κ2) is 8.19. The van der Waals surface area contributed by atoms with Crippen LogP contribution in [0.1, 0.15) is 0 Å². The molecular weight excluding hydrogens is 337 g/mol. The van der Waals surface area contributed by atoms with Crippen LogP contribution >= 0.6 is 39.1 Å². The van der Waals surface area contributed by atoms with Crippen molar-refractivity contribution in [2.45, 2.75) is 0 Å². The van der Waals surface area contributed by atoms with Crippen molar-refractivity contribution >= 4 is 56.3 Å². The minimum atomic E-state index is 0.194. The van der Waals surface area contributed by atoms with Crippen LogP contribution in [0.4, 0.5) is 17.2 Å². The topological polar surface area (TPSA) is 50.9 Å². The Balaban J connectivity index is 0.000000492. The fourth-order valence-electron chi connectivity index (χ4n) is 1.20. The molecule has 1 aromatic carbocycles. The Hall–Kier alpha value is -0.970. The van der Waals surface area contributed by atoms with Crippen molar-refractivity contribution in [1.29, 1.82) is 0 Å². The second-order valence-corrected chi connectivity index (χ2v) is 4.90. The normalized spacial score (nSPS) is 9.28. The average molecular weight is 349 g/mol. The number of nitrogens with two attached hydrogens (primary N) is 1. The van der Waals surface area contributed by atoms with E-state index in [-0.39, 0.29) is 5.34 Å². The number of alkyl halides is 2. The summed E-state index contributed by atoms with van der Waals surface area (Å²) in [5.41, 5.74) is 7.38. The lowest BCUT2D eigenvalue weighted by Gasteiger charge is -2.07. The molecule has 3 nitrogen and oxygen atoms in total. The molecule has 0 atom stereocenters. The zero-order chi connectivity index (χ0) is 13.4. The van der Waals surface area contributed by atoms with Gasteiger partial charge in [0.05, 0.1) is 16.7 Å². The van der Waals surface area contributed by atoms with Gasteiger partial charge in [-0.15, -0.1) is 23.2 Å². The van der Waals surface area contributed by atoms with Crippen LogP contribution in [0, 0.1) is 0 Å². The number of aromatic nitrogens is 1. The Morgan fingerprint density at radius 1 is 1.17 bits per heavy atom. The molecule has 96 valence electrons. The van der Waals surface area contributed by atoms with E-state index in [9.17, 15) is 0 Å². The van der Waals surface area contributed by atoms with Gasteiger partial charge in [0, 0.05) is 10.7 Å². The third-order valence-corrected chi connectivity index (χ3v) is 2.42. The highest BCUT2D eigenvalue weighted by molar-refractivity contribution is 9.10. The van der Waals surface area contributed by atoms with Gasteiger partial charge in [-0.2, -0.15) is 0 Å². The smallest absolute Gasteiger partial charge is 0.130 e. The molecule has 1 heterocycles. The highest BCUT2D eigenvalue weighted by atomic mass is 79.9. The van der Waals surface area contributed by atoms with E-state index in [2.05, 4.69) is 26.2 Å². The van der Waals surface area contributed by atoms with Crippen molar-refractivity contribution < 1.29 is 0 Å². The highest BCUT2D eigenvalue weighted by Gasteiger charge is 1.98. The lowest BCUT2D eigenvalue weighted by molar-refractivity contribution is 1.29. The predicted octanol–water partition coefficient (Wildman–Crippen LogP) is 4.59. The van der Waals surface area contributed by atoms with Gasteiger partial charge < -0.3 is 11.1 Å². The molecule has 3 N–H and O–H groups in total. The summed E-state index contributed by atoms with van der Waals surface area (Å²) in [4.78, 5) is 4.20. The zero-order valence-corrected chi connectivity index (χ0v) is 12.5. The van der Waals surface area contributed by atoms with Crippen molar-refractivity contribution in [1.82, 2.24) is 4.98 Å². The monoisotopic (exact) mass is 347 g/mol. The molecular formula is C12H12BrCl2N3. The first-order valence-electron chi connectivity index (χ1n) is 5.02. The van der Waals surface area contributed by atoms with Gasteiger partial charge >= 0.3 is 0 Å². The first-order valence-corrected chi connectivity index (χ1v) is 6.88. The number of rotatable bonds is 2. The molecule has 0 radical (unpaired) electrons. The van der Waals surface area contributed by atoms with Crippen molar-refractivity contribution in [2.24, 2.45) is 0 Å². The van der Waals surface area contributed by atoms with Gasteiger partial charge in [0.25, 0.3) is 0 Å². The Bertz CT molecular complexity index is 477. The average Bonchev–Trinajstić information content (AvgIpc) is 2.36. The highest BCUT2D eigenvalue weighted by Crippen LogP contribution is 2.21. The lowest BCUT2D eigenvalue weighted by Crippen LogP contribution is -1.97. The van der Waals surface area contributed by atoms with Gasteiger partial charge in [-0.25, -0.2) is 4.98 Å². The summed E-state index contributed by atoms with van der Waals surface area (Å²) < 4.78 is 0.953. The Kier molecular flexibility index (Phi) is 6.86. The summed E-state index contributed by atoms with van der Waals surface area (Å²) in [5.74, 6) is 0.774. The minimum Gasteiger partial charge on any atom is -0.397 e. The maximum absolute atomic E-state index is 5.80. The lowest BCUT2D eigenvalue weighted by atomic mass is 10.2. The largest absolute Gasteiger partial charge is 0.397 e. The number of hydrogen-bond donors (Lipinski definition) is 2. The number of halogens is 3. The molecule has 0 saturated heterocycles. The van der Waals surface area contributed by atoms with E-state index in [1.807, 2.05) is 36.4 Å². The second-order valence-electron chi connectivity index (χ2n) is 3.17. The van der Waals surface area contributed by atoms with Gasteiger partial charge in [-0.3, -0.25) is 0 Å². The quantitative estimate of drug-likeness (QED) is 0.616. The number of benzene rings is 1. The Labute approximate surface area is 124 Å². The number of para-hydroxylation sites is 2. The molecule has 18 heavy (non-hydrogen) atoms. The van der Waals surface area contributed by atoms with Crippen molar-refractivity contribution in [3.05, 3.63) is 47.1 Å². The summed E-state index contributed by atoms with van der Waals surface area (Å²) in [7, 11) is 0. The van der Waals surface area contributed by atoms with Crippen molar-refractivity contribution in [3.63, 3.8) is 0 Å². The minimum absolute atomic E-state index is 0.194. The van der Waals surface area contributed by atoms with Crippen molar-refractivity contribution in [2.75, 3.05) is 16.4 Å². The van der Waals surface area contributed by atoms with E-state index in [0.717, 1.165) is 16.0 Å². The molecule has 1 aromatic heterocycles. The summed E-state index contributed by atoms with van der Waals surface area (Å²) in [5, 5.41) is 3.34. The van der Waals surface area contributed by atoms with Crippen LogP contribution in [0.2, 0.25) is 0 Å². The van der Waals surface area contributed by atoms with Gasteiger partial charge in [0.15, 0.2) is 0 Å². The van der Waals surface area contributed by atoms with Gasteiger partial charge in [0.2, 0.25) is 0 Å². The maximum Gasteiger partial charge on any atom is 0.130 e. The molecule has 0 fully saturated rings. The standard InChI is InChI=1S/C11H10BrN3.CH2Cl2/c12-8-5-6-11(14-7-8)15-10-4-2-1-3-9(10)13;2-1-3/h1-7H,13H2,(H,14,15);1H2. The van der Waals surface area contributed by atoms with Crippen LogP contribution in [0.25, 0.3) is 0 Å². The molecule has 2 rings (SSSR count). The zero-order valence-electron chi connectivity index (χ0n) is 9.41. The molecule has 0 spiro atoms. The summed E-state index contributed by atoms with van der Waals surface area (Å²) in [6.45, 7) is 0. The molecule has 0 aliphatic rings. The van der Waals surface area contributed by atoms with Crippen LogP contribution in [0.3, 0.4) is 0 Å². The number of nitrogens with one attached hydrogen (secondary N) is 1. The van der Waals surface area contributed by atoms with Crippen LogP contribution in [0.5, 0.6) is 0 Å². The van der Waals surface area contributed by atoms with E-state index in [0.29, 0.717) is 5.69 Å². The molecule has 0 aliphatic carbocycles. The number of nitrogens with zero attached hydrogens (tertiary/aromatic N) is 1. The van der Waals surface area contributed by atoms with E-state index < -0.39 is 0 Å². The molecule has 0 amide bonds. The molecule has 0 unspecified atom stereocenters. The fraction of sp³-hybridized carbons (Fsp3) is 0.0833. The van der Waals surface area contributed by atoms with Crippen molar-refractivity contribution in [3.8, 4) is 0 Å². The number of pyridine rings is 1. The van der Waals surface area contributed by atoms with E-state index in [1.54, 1.807) is 6.20 Å². The fourth-order valence-corrected chi connectivity index (χ4v) is 1.43. The molecule has 0 bridgehead atoms. The Morgan fingerprint density at radius 3 is 2.39 bits per heavy atom. The van der Waals surface area contributed by atoms with E-state index in [4.69, 9.17) is 28.9 Å². The molecule has 2 aromatic rings. The first kappa shape index (κ1) is 15.1. The van der Waals surface area contributed by atoms with Gasteiger partial charge in [-0.05, 0) is 40.2 Å². The summed E-state index contributed by atoms with van der Waals surface area (Å²) in [6, 6.07) is 11.4. The van der Waals surface area contributed by atoms with Crippen LogP contribution in [0.15, 0.2) is 47.1 Å². The number of anilines is 3.